The third-order valence-electron chi connectivity index (χ3n) is 5.50. The maximum Gasteiger partial charge on any atom is 0.225 e. The Kier molecular flexibility index (Phi) is 5.24. The zero-order chi connectivity index (χ0) is 17.8. The number of amides is 1. The van der Waals surface area contributed by atoms with Gasteiger partial charge in [-0.1, -0.05) is 18.2 Å². The maximum atomic E-state index is 12.7. The lowest BCUT2D eigenvalue weighted by molar-refractivity contribution is -0.138. The summed E-state index contributed by atoms with van der Waals surface area (Å²) in [6, 6.07) is 9.96. The lowest BCUT2D eigenvalue weighted by Crippen LogP contribution is -2.44. The minimum atomic E-state index is 0.189. The van der Waals surface area contributed by atoms with E-state index in [2.05, 4.69) is 25.3 Å². The number of piperidine rings is 2. The predicted molar refractivity (Wildman–Crippen MR) is 97.6 cm³/mol. The molecular weight excluding hydrogens is 328 g/mol. The average Bonchev–Trinajstić information content (AvgIpc) is 3.17. The number of nitrogens with zero attached hydrogens (tertiary/aromatic N) is 6. The molecule has 0 N–H and O–H groups in total. The highest BCUT2D eigenvalue weighted by molar-refractivity contribution is 5.79. The number of para-hydroxylation sites is 1. The fourth-order valence-electron chi connectivity index (χ4n) is 3.98. The molecule has 26 heavy (non-hydrogen) atoms. The molecule has 0 unspecified atom stereocenters. The van der Waals surface area contributed by atoms with Gasteiger partial charge in [0.25, 0.3) is 0 Å². The fraction of sp³-hybridized carbons (Fsp3) is 0.579. The van der Waals surface area contributed by atoms with Gasteiger partial charge in [-0.05, 0) is 67.8 Å². The van der Waals surface area contributed by atoms with Gasteiger partial charge < -0.3 is 4.90 Å². The minimum absolute atomic E-state index is 0.189. The molecule has 7 nitrogen and oxygen atoms in total. The van der Waals surface area contributed by atoms with Gasteiger partial charge in [0, 0.05) is 19.0 Å². The maximum absolute atomic E-state index is 12.7. The molecule has 2 aromatic rings. The van der Waals surface area contributed by atoms with Crippen molar-refractivity contribution in [3.05, 3.63) is 36.2 Å². The highest BCUT2D eigenvalue weighted by atomic mass is 16.2. The van der Waals surface area contributed by atoms with Crippen LogP contribution in [0.5, 0.6) is 0 Å². The van der Waals surface area contributed by atoms with Crippen molar-refractivity contribution in [3.63, 3.8) is 0 Å². The van der Waals surface area contributed by atoms with E-state index in [1.807, 2.05) is 30.3 Å². The monoisotopic (exact) mass is 354 g/mol. The summed E-state index contributed by atoms with van der Waals surface area (Å²) in [5.74, 6) is 1.41. The summed E-state index contributed by atoms with van der Waals surface area (Å²) in [6.07, 6.45) is 5.45. The molecule has 3 heterocycles. The van der Waals surface area contributed by atoms with Crippen molar-refractivity contribution in [2.24, 2.45) is 5.92 Å². The summed E-state index contributed by atoms with van der Waals surface area (Å²) in [5.41, 5.74) is 0.975. The van der Waals surface area contributed by atoms with Crippen molar-refractivity contribution in [1.29, 1.82) is 0 Å². The first-order chi connectivity index (χ1) is 12.8. The Morgan fingerprint density at radius 1 is 1.00 bits per heavy atom. The molecule has 2 aliphatic rings. The van der Waals surface area contributed by atoms with E-state index < -0.39 is 0 Å². The lowest BCUT2D eigenvalue weighted by atomic mass is 9.94. The number of benzene rings is 1. The number of likely N-dealkylation sites (tertiary alicyclic amines) is 2. The summed E-state index contributed by atoms with van der Waals surface area (Å²) in [6.45, 7) is 4.46. The van der Waals surface area contributed by atoms with E-state index in [0.717, 1.165) is 63.4 Å². The Morgan fingerprint density at radius 2 is 1.73 bits per heavy atom. The molecule has 2 fully saturated rings. The van der Waals surface area contributed by atoms with Crippen LogP contribution in [0.3, 0.4) is 0 Å². The van der Waals surface area contributed by atoms with Crippen molar-refractivity contribution in [1.82, 2.24) is 30.0 Å². The van der Waals surface area contributed by atoms with Gasteiger partial charge in [0.05, 0.1) is 12.2 Å². The number of hydrogen-bond acceptors (Lipinski definition) is 5. The summed E-state index contributed by atoms with van der Waals surface area (Å²) in [5, 5.41) is 12.2. The Bertz CT molecular complexity index is 717. The third kappa shape index (κ3) is 3.77. The largest absolute Gasteiger partial charge is 0.342 e. The molecule has 0 bridgehead atoms. The van der Waals surface area contributed by atoms with E-state index in [0.29, 0.717) is 12.5 Å². The Hall–Kier alpha value is -2.28. The number of aromatic nitrogens is 4. The van der Waals surface area contributed by atoms with E-state index in [-0.39, 0.29) is 5.92 Å². The van der Waals surface area contributed by atoms with Gasteiger partial charge in [0.2, 0.25) is 5.91 Å². The highest BCUT2D eigenvalue weighted by Crippen LogP contribution is 2.23. The van der Waals surface area contributed by atoms with E-state index in [1.165, 1.54) is 6.42 Å². The Balaban J connectivity index is 1.33. The van der Waals surface area contributed by atoms with Crippen LogP contribution in [-0.4, -0.2) is 62.1 Å². The zero-order valence-electron chi connectivity index (χ0n) is 15.1. The van der Waals surface area contributed by atoms with Gasteiger partial charge in [0.15, 0.2) is 5.82 Å². The molecule has 1 amide bonds. The quantitative estimate of drug-likeness (QED) is 0.839. The average molecular weight is 354 g/mol. The highest BCUT2D eigenvalue weighted by Gasteiger charge is 2.29. The second-order valence-corrected chi connectivity index (χ2v) is 7.28. The van der Waals surface area contributed by atoms with Gasteiger partial charge in [-0.25, -0.2) is 0 Å². The smallest absolute Gasteiger partial charge is 0.225 e. The van der Waals surface area contributed by atoms with Crippen LogP contribution in [0.4, 0.5) is 0 Å². The fourth-order valence-corrected chi connectivity index (χ4v) is 3.98. The summed E-state index contributed by atoms with van der Waals surface area (Å²) >= 11 is 0. The number of carbonyl (C=O) groups is 1. The van der Waals surface area contributed by atoms with Gasteiger partial charge in [-0.2, -0.15) is 4.68 Å². The van der Waals surface area contributed by atoms with Gasteiger partial charge in [-0.3, -0.25) is 9.69 Å². The molecule has 0 spiro atoms. The number of hydrogen-bond donors (Lipinski definition) is 0. The first kappa shape index (κ1) is 17.1. The molecule has 0 atom stereocenters. The Labute approximate surface area is 154 Å². The third-order valence-corrected chi connectivity index (χ3v) is 5.50. The van der Waals surface area contributed by atoms with Crippen molar-refractivity contribution in [2.45, 2.75) is 38.6 Å². The van der Waals surface area contributed by atoms with Gasteiger partial charge >= 0.3 is 0 Å². The van der Waals surface area contributed by atoms with Crippen LogP contribution < -0.4 is 0 Å². The topological polar surface area (TPSA) is 67.2 Å². The molecule has 0 aliphatic carbocycles. The van der Waals surface area contributed by atoms with Crippen LogP contribution in [0.2, 0.25) is 0 Å². The molecule has 1 aromatic carbocycles. The zero-order valence-corrected chi connectivity index (χ0v) is 15.1. The minimum Gasteiger partial charge on any atom is -0.342 e. The van der Waals surface area contributed by atoms with Crippen molar-refractivity contribution in [3.8, 4) is 5.69 Å². The molecule has 2 aliphatic heterocycles. The lowest BCUT2D eigenvalue weighted by Gasteiger charge is -2.35. The first-order valence-electron chi connectivity index (χ1n) is 9.65. The van der Waals surface area contributed by atoms with Crippen molar-refractivity contribution >= 4 is 5.91 Å². The predicted octanol–water partition coefficient (Wildman–Crippen LogP) is 1.89. The van der Waals surface area contributed by atoms with Crippen LogP contribution in [0.15, 0.2) is 30.3 Å². The second-order valence-electron chi connectivity index (χ2n) is 7.28. The first-order valence-corrected chi connectivity index (χ1v) is 9.65. The van der Waals surface area contributed by atoms with E-state index >= 15 is 0 Å². The van der Waals surface area contributed by atoms with Crippen LogP contribution >= 0.6 is 0 Å². The van der Waals surface area contributed by atoms with Gasteiger partial charge in [-0.15, -0.1) is 5.10 Å². The van der Waals surface area contributed by atoms with Crippen molar-refractivity contribution in [2.75, 3.05) is 26.2 Å². The number of rotatable bonds is 4. The molecule has 0 radical (unpaired) electrons. The SMILES string of the molecule is O=C(C1CCN(Cc2nnnn2-c2ccccc2)CC1)N1CCCCC1. The van der Waals surface area contributed by atoms with Gasteiger partial charge in [0.1, 0.15) is 0 Å². The number of carbonyl (C=O) groups excluding carboxylic acids is 1. The standard InChI is InChI=1S/C19H26N6O/c26-19(24-11-5-2-6-12-24)16-9-13-23(14-10-16)15-18-20-21-22-25(18)17-7-3-1-4-8-17/h1,3-4,7-8,16H,2,5-6,9-15H2. The molecule has 4 rings (SSSR count). The van der Waals surface area contributed by atoms with E-state index in [9.17, 15) is 4.79 Å². The molecule has 2 saturated heterocycles. The number of tetrazole rings is 1. The molecule has 138 valence electrons. The summed E-state index contributed by atoms with van der Waals surface area (Å²) < 4.78 is 1.80. The molecule has 7 heteroatoms. The molecule has 0 saturated carbocycles. The van der Waals surface area contributed by atoms with Crippen molar-refractivity contribution < 1.29 is 4.79 Å². The molecular formula is C19H26N6O. The second kappa shape index (κ2) is 7.95. The van der Waals surface area contributed by atoms with Crippen LogP contribution in [0.25, 0.3) is 5.69 Å². The van der Waals surface area contributed by atoms with Crippen LogP contribution in [0, 0.1) is 5.92 Å². The summed E-state index contributed by atoms with van der Waals surface area (Å²) in [4.78, 5) is 17.1. The Morgan fingerprint density at radius 3 is 2.46 bits per heavy atom. The normalized spacial score (nSPS) is 19.6. The van der Waals surface area contributed by atoms with E-state index in [4.69, 9.17) is 0 Å². The summed E-state index contributed by atoms with van der Waals surface area (Å²) in [7, 11) is 0. The molecule has 1 aromatic heterocycles. The van der Waals surface area contributed by atoms with E-state index in [1.54, 1.807) is 4.68 Å². The van der Waals surface area contributed by atoms with Crippen LogP contribution in [-0.2, 0) is 11.3 Å². The van der Waals surface area contributed by atoms with Crippen LogP contribution in [0.1, 0.15) is 37.9 Å².